The molecule has 1 aliphatic rings. The lowest BCUT2D eigenvalue weighted by molar-refractivity contribution is -0.138. The third-order valence-corrected chi connectivity index (χ3v) is 3.88. The lowest BCUT2D eigenvalue weighted by atomic mass is 10.00. The fourth-order valence-electron chi connectivity index (χ4n) is 2.73. The summed E-state index contributed by atoms with van der Waals surface area (Å²) in [5, 5.41) is 8.98. The van der Waals surface area contributed by atoms with E-state index in [1.165, 1.54) is 5.56 Å². The van der Waals surface area contributed by atoms with Crippen LogP contribution in [0.3, 0.4) is 0 Å². The number of benzene rings is 1. The van der Waals surface area contributed by atoms with E-state index in [1.54, 1.807) is 0 Å². The molecule has 0 aliphatic carbocycles. The number of carbonyl (C=O) groups is 1. The first-order chi connectivity index (χ1) is 9.06. The molecule has 1 aliphatic heterocycles. The minimum Gasteiger partial charge on any atom is -0.481 e. The molecular weight excluding hydrogens is 239 g/mol. The maximum atomic E-state index is 10.9. The minimum absolute atomic E-state index is 0.109. The third kappa shape index (κ3) is 3.82. The van der Waals surface area contributed by atoms with Gasteiger partial charge in [0.2, 0.25) is 0 Å². The monoisotopic (exact) mass is 260 g/mol. The van der Waals surface area contributed by atoms with Gasteiger partial charge in [-0.1, -0.05) is 30.3 Å². The van der Waals surface area contributed by atoms with E-state index >= 15 is 0 Å². The van der Waals surface area contributed by atoms with Crippen LogP contribution in [0.15, 0.2) is 30.3 Å². The van der Waals surface area contributed by atoms with Crippen LogP contribution >= 0.6 is 0 Å². The van der Waals surface area contributed by atoms with Crippen molar-refractivity contribution >= 4 is 14.0 Å². The van der Waals surface area contributed by atoms with Crippen molar-refractivity contribution in [1.82, 2.24) is 9.71 Å². The molecule has 1 aromatic carbocycles. The van der Waals surface area contributed by atoms with Crippen molar-refractivity contribution in [1.29, 1.82) is 0 Å². The van der Waals surface area contributed by atoms with Crippen LogP contribution in [0.4, 0.5) is 0 Å². The van der Waals surface area contributed by atoms with Crippen LogP contribution in [0.1, 0.15) is 18.9 Å². The van der Waals surface area contributed by atoms with Crippen LogP contribution in [0, 0.1) is 0 Å². The van der Waals surface area contributed by atoms with E-state index in [4.69, 9.17) is 5.11 Å². The first-order valence-electron chi connectivity index (χ1n) is 6.76. The smallest absolute Gasteiger partial charge is 0.304 e. The number of piperazine rings is 1. The van der Waals surface area contributed by atoms with Crippen molar-refractivity contribution in [2.75, 3.05) is 13.1 Å². The number of hydrogen-bond donors (Lipinski definition) is 1. The van der Waals surface area contributed by atoms with E-state index in [-0.39, 0.29) is 12.5 Å². The zero-order valence-corrected chi connectivity index (χ0v) is 11.6. The van der Waals surface area contributed by atoms with E-state index in [2.05, 4.69) is 28.8 Å². The molecule has 102 valence electrons. The summed E-state index contributed by atoms with van der Waals surface area (Å²) in [6.07, 6.45) is 0.217. The van der Waals surface area contributed by atoms with Gasteiger partial charge in [-0.3, -0.25) is 9.69 Å². The second-order valence-electron chi connectivity index (χ2n) is 5.46. The molecule has 19 heavy (non-hydrogen) atoms. The van der Waals surface area contributed by atoms with Gasteiger partial charge in [-0.2, -0.15) is 0 Å². The van der Waals surface area contributed by atoms with Crippen LogP contribution in [0.2, 0.25) is 0 Å². The van der Waals surface area contributed by atoms with Gasteiger partial charge in [0.15, 0.2) is 7.98 Å². The number of carboxylic acid groups (broad SMARTS) is 1. The van der Waals surface area contributed by atoms with Crippen molar-refractivity contribution in [3.8, 4) is 0 Å². The van der Waals surface area contributed by atoms with Crippen LogP contribution < -0.4 is 0 Å². The molecule has 2 rings (SSSR count). The summed E-state index contributed by atoms with van der Waals surface area (Å²) in [5.74, 6) is -0.717. The lowest BCUT2D eigenvalue weighted by Gasteiger charge is -2.43. The highest BCUT2D eigenvalue weighted by atomic mass is 16.4. The summed E-state index contributed by atoms with van der Waals surface area (Å²) in [6, 6.07) is 10.9. The Morgan fingerprint density at radius 3 is 2.68 bits per heavy atom. The minimum atomic E-state index is -0.717. The van der Waals surface area contributed by atoms with Gasteiger partial charge < -0.3 is 9.92 Å². The molecule has 4 nitrogen and oxygen atoms in total. The maximum Gasteiger partial charge on any atom is 0.304 e. The zero-order chi connectivity index (χ0) is 13.8. The van der Waals surface area contributed by atoms with E-state index in [0.717, 1.165) is 19.6 Å². The summed E-state index contributed by atoms with van der Waals surface area (Å²) in [5.41, 5.74) is 1.29. The van der Waals surface area contributed by atoms with Crippen LogP contribution in [-0.4, -0.2) is 53.9 Å². The highest BCUT2D eigenvalue weighted by Crippen LogP contribution is 2.18. The molecule has 5 heteroatoms. The molecule has 0 aromatic heterocycles. The second kappa shape index (κ2) is 6.22. The molecule has 1 saturated heterocycles. The maximum absolute atomic E-state index is 10.9. The molecule has 0 amide bonds. The van der Waals surface area contributed by atoms with Gasteiger partial charge in [-0.15, -0.1) is 0 Å². The highest BCUT2D eigenvalue weighted by molar-refractivity contribution is 6.04. The Bertz CT molecular complexity index is 427. The second-order valence-corrected chi connectivity index (χ2v) is 5.46. The van der Waals surface area contributed by atoms with Crippen molar-refractivity contribution in [2.24, 2.45) is 0 Å². The Morgan fingerprint density at radius 2 is 2.05 bits per heavy atom. The number of hydrogen-bond acceptors (Lipinski definition) is 3. The van der Waals surface area contributed by atoms with Crippen molar-refractivity contribution in [2.45, 2.75) is 32.0 Å². The molecule has 1 heterocycles. The predicted molar refractivity (Wildman–Crippen MR) is 77.6 cm³/mol. The normalized spacial score (nSPS) is 25.3. The standard InChI is InChI=1S/C14H21BN2O2/c1-11-8-17(15)13(7-14(18)19)10-16(11)9-12-5-3-2-4-6-12/h2-6,11,13H,7-10,15H2,1H3,(H,18,19). The molecular formula is C14H21BN2O2. The molecule has 1 aromatic rings. The molecule has 2 unspecified atom stereocenters. The Hall–Kier alpha value is -1.33. The average Bonchev–Trinajstić information content (AvgIpc) is 2.36. The van der Waals surface area contributed by atoms with Gasteiger partial charge in [0, 0.05) is 31.7 Å². The molecule has 0 saturated carbocycles. The van der Waals surface area contributed by atoms with E-state index in [0.29, 0.717) is 6.04 Å². The molecule has 0 bridgehead atoms. The van der Waals surface area contributed by atoms with Crippen LogP contribution in [-0.2, 0) is 11.3 Å². The van der Waals surface area contributed by atoms with E-state index in [9.17, 15) is 4.79 Å². The number of carboxylic acids is 1. The SMILES string of the molecule is BN1CC(C)N(Cc2ccccc2)CC1CC(=O)O. The van der Waals surface area contributed by atoms with Gasteiger partial charge in [0.1, 0.15) is 0 Å². The first-order valence-corrected chi connectivity index (χ1v) is 6.76. The van der Waals surface area contributed by atoms with Gasteiger partial charge in [-0.05, 0) is 12.5 Å². The highest BCUT2D eigenvalue weighted by Gasteiger charge is 2.30. The fraction of sp³-hybridized carbons (Fsp3) is 0.500. The predicted octanol–water partition coefficient (Wildman–Crippen LogP) is 0.584. The largest absolute Gasteiger partial charge is 0.481 e. The average molecular weight is 260 g/mol. The Labute approximate surface area is 115 Å². The first kappa shape index (κ1) is 14.1. The molecule has 1 fully saturated rings. The number of aliphatic carboxylic acids is 1. The van der Waals surface area contributed by atoms with Crippen LogP contribution in [0.5, 0.6) is 0 Å². The Balaban J connectivity index is 2.01. The summed E-state index contributed by atoms with van der Waals surface area (Å²) in [6.45, 7) is 4.84. The van der Waals surface area contributed by atoms with Crippen LogP contribution in [0.25, 0.3) is 0 Å². The van der Waals surface area contributed by atoms with Gasteiger partial charge in [0.25, 0.3) is 0 Å². The molecule has 1 N–H and O–H groups in total. The summed E-state index contributed by atoms with van der Waals surface area (Å²) >= 11 is 0. The Morgan fingerprint density at radius 1 is 1.37 bits per heavy atom. The third-order valence-electron chi connectivity index (χ3n) is 3.88. The molecule has 2 atom stereocenters. The summed E-state index contributed by atoms with van der Waals surface area (Å²) < 4.78 is 0. The van der Waals surface area contributed by atoms with Gasteiger partial charge in [-0.25, -0.2) is 0 Å². The number of nitrogens with zero attached hydrogens (tertiary/aromatic N) is 2. The van der Waals surface area contributed by atoms with E-state index < -0.39 is 5.97 Å². The topological polar surface area (TPSA) is 43.8 Å². The van der Waals surface area contributed by atoms with Crippen molar-refractivity contribution in [3.63, 3.8) is 0 Å². The van der Waals surface area contributed by atoms with Crippen molar-refractivity contribution in [3.05, 3.63) is 35.9 Å². The number of rotatable bonds is 4. The quantitative estimate of drug-likeness (QED) is 0.804. The fourth-order valence-corrected chi connectivity index (χ4v) is 2.73. The molecule has 0 spiro atoms. The van der Waals surface area contributed by atoms with Gasteiger partial charge >= 0.3 is 5.97 Å². The zero-order valence-electron chi connectivity index (χ0n) is 11.6. The van der Waals surface area contributed by atoms with Crippen molar-refractivity contribution < 1.29 is 9.90 Å². The summed E-state index contributed by atoms with van der Waals surface area (Å²) in [4.78, 5) is 15.5. The molecule has 0 radical (unpaired) electrons. The lowest BCUT2D eigenvalue weighted by Crippen LogP contribution is -2.56. The van der Waals surface area contributed by atoms with E-state index in [1.807, 2.05) is 26.2 Å². The van der Waals surface area contributed by atoms with Gasteiger partial charge in [0.05, 0.1) is 6.42 Å². The Kier molecular flexibility index (Phi) is 4.61. The summed E-state index contributed by atoms with van der Waals surface area (Å²) in [7, 11) is 2.02.